The van der Waals surface area contributed by atoms with Gasteiger partial charge in [-0.3, -0.25) is 4.90 Å². The normalized spacial score (nSPS) is 19.9. The quantitative estimate of drug-likeness (QED) is 0.917. The van der Waals surface area contributed by atoms with Gasteiger partial charge in [0.25, 0.3) is 0 Å². The third-order valence-corrected chi connectivity index (χ3v) is 3.83. The monoisotopic (exact) mass is 269 g/mol. The van der Waals surface area contributed by atoms with Crippen molar-refractivity contribution in [2.24, 2.45) is 0 Å². The Balaban J connectivity index is 2.45. The van der Waals surface area contributed by atoms with E-state index in [9.17, 15) is 18.7 Å². The molecule has 1 unspecified atom stereocenters. The molecule has 1 aromatic rings. The molecule has 0 radical (unpaired) electrons. The summed E-state index contributed by atoms with van der Waals surface area (Å²) >= 11 is 0. The van der Waals surface area contributed by atoms with E-state index in [-0.39, 0.29) is 5.56 Å². The van der Waals surface area contributed by atoms with Crippen molar-refractivity contribution in [2.75, 3.05) is 13.1 Å². The number of carboxylic acids is 1. The van der Waals surface area contributed by atoms with Gasteiger partial charge >= 0.3 is 5.97 Å². The molecule has 1 N–H and O–H groups in total. The number of carbonyl (C=O) groups is 1. The molecule has 1 atom stereocenters. The standard InChI is InChI=1S/C14H17F2NO2/c1-14(13(18)19,17-5-3-2-4-6-17)10-7-11(15)9-12(16)8-10/h7-9H,2-6H2,1H3,(H,18,19). The zero-order valence-corrected chi connectivity index (χ0v) is 10.8. The van der Waals surface area contributed by atoms with Crippen LogP contribution in [0.15, 0.2) is 18.2 Å². The molecule has 5 heteroatoms. The Hall–Kier alpha value is -1.49. The lowest BCUT2D eigenvalue weighted by molar-refractivity contribution is -0.152. The molecule has 1 fully saturated rings. The molecular formula is C14H17F2NO2. The first-order chi connectivity index (χ1) is 8.94. The van der Waals surface area contributed by atoms with Gasteiger partial charge in [-0.2, -0.15) is 0 Å². The molecular weight excluding hydrogens is 252 g/mol. The average molecular weight is 269 g/mol. The Morgan fingerprint density at radius 3 is 2.16 bits per heavy atom. The molecule has 2 rings (SSSR count). The number of hydrogen-bond donors (Lipinski definition) is 1. The fourth-order valence-electron chi connectivity index (χ4n) is 2.62. The highest BCUT2D eigenvalue weighted by Crippen LogP contribution is 2.32. The van der Waals surface area contributed by atoms with Crippen LogP contribution in [-0.4, -0.2) is 29.1 Å². The molecule has 0 aliphatic carbocycles. The van der Waals surface area contributed by atoms with Gasteiger partial charge in [-0.05, 0) is 50.6 Å². The highest BCUT2D eigenvalue weighted by molar-refractivity contribution is 5.80. The van der Waals surface area contributed by atoms with Gasteiger partial charge in [-0.1, -0.05) is 6.42 Å². The van der Waals surface area contributed by atoms with E-state index < -0.39 is 23.1 Å². The summed E-state index contributed by atoms with van der Waals surface area (Å²) in [5, 5.41) is 9.53. The summed E-state index contributed by atoms with van der Waals surface area (Å²) in [5.74, 6) is -2.58. The van der Waals surface area contributed by atoms with Crippen LogP contribution in [-0.2, 0) is 10.3 Å². The fraction of sp³-hybridized carbons (Fsp3) is 0.500. The summed E-state index contributed by atoms with van der Waals surface area (Å²) in [6, 6.07) is 2.96. The van der Waals surface area contributed by atoms with E-state index in [0.29, 0.717) is 13.1 Å². The molecule has 3 nitrogen and oxygen atoms in total. The highest BCUT2D eigenvalue weighted by Gasteiger charge is 2.42. The Morgan fingerprint density at radius 1 is 1.16 bits per heavy atom. The minimum Gasteiger partial charge on any atom is -0.480 e. The van der Waals surface area contributed by atoms with E-state index in [2.05, 4.69) is 0 Å². The lowest BCUT2D eigenvalue weighted by Crippen LogP contribution is -2.51. The first-order valence-electron chi connectivity index (χ1n) is 6.39. The van der Waals surface area contributed by atoms with Crippen LogP contribution in [0.5, 0.6) is 0 Å². The van der Waals surface area contributed by atoms with Crippen molar-refractivity contribution in [2.45, 2.75) is 31.7 Å². The van der Waals surface area contributed by atoms with Crippen molar-refractivity contribution in [1.29, 1.82) is 0 Å². The Bertz CT molecular complexity index is 466. The van der Waals surface area contributed by atoms with E-state index in [4.69, 9.17) is 0 Å². The summed E-state index contributed by atoms with van der Waals surface area (Å²) in [5.41, 5.74) is -1.23. The van der Waals surface area contributed by atoms with Crippen LogP contribution in [0.2, 0.25) is 0 Å². The SMILES string of the molecule is CC(C(=O)O)(c1cc(F)cc(F)c1)N1CCCCC1. The fourth-order valence-corrected chi connectivity index (χ4v) is 2.62. The molecule has 0 saturated carbocycles. The number of hydrogen-bond acceptors (Lipinski definition) is 2. The maximum absolute atomic E-state index is 13.3. The van der Waals surface area contributed by atoms with Crippen LogP contribution >= 0.6 is 0 Å². The average Bonchev–Trinajstić information content (AvgIpc) is 2.37. The smallest absolute Gasteiger partial charge is 0.328 e. The van der Waals surface area contributed by atoms with Gasteiger partial charge in [0.2, 0.25) is 0 Å². The molecule has 1 heterocycles. The van der Waals surface area contributed by atoms with Crippen molar-refractivity contribution >= 4 is 5.97 Å². The minimum atomic E-state index is -1.39. The molecule has 1 aliphatic rings. The van der Waals surface area contributed by atoms with Gasteiger partial charge in [0, 0.05) is 6.07 Å². The van der Waals surface area contributed by atoms with Crippen LogP contribution in [0, 0.1) is 11.6 Å². The minimum absolute atomic E-state index is 0.152. The maximum atomic E-state index is 13.3. The third kappa shape index (κ3) is 2.61. The van der Waals surface area contributed by atoms with Gasteiger partial charge in [0.05, 0.1) is 0 Å². The Kier molecular flexibility index (Phi) is 3.85. The molecule has 1 saturated heterocycles. The van der Waals surface area contributed by atoms with Crippen molar-refractivity contribution < 1.29 is 18.7 Å². The number of carboxylic acid groups (broad SMARTS) is 1. The van der Waals surface area contributed by atoms with E-state index >= 15 is 0 Å². The second kappa shape index (κ2) is 5.25. The Labute approximate surface area is 110 Å². The number of halogens is 2. The molecule has 19 heavy (non-hydrogen) atoms. The largest absolute Gasteiger partial charge is 0.480 e. The summed E-state index contributed by atoms with van der Waals surface area (Å²) in [6.07, 6.45) is 2.87. The first-order valence-corrected chi connectivity index (χ1v) is 6.39. The maximum Gasteiger partial charge on any atom is 0.328 e. The van der Waals surface area contributed by atoms with Crippen molar-refractivity contribution in [1.82, 2.24) is 4.90 Å². The second-order valence-electron chi connectivity index (χ2n) is 5.08. The van der Waals surface area contributed by atoms with Crippen LogP contribution in [0.25, 0.3) is 0 Å². The second-order valence-corrected chi connectivity index (χ2v) is 5.08. The van der Waals surface area contributed by atoms with Gasteiger partial charge in [-0.15, -0.1) is 0 Å². The molecule has 0 bridgehead atoms. The highest BCUT2D eigenvalue weighted by atomic mass is 19.1. The molecule has 0 amide bonds. The Morgan fingerprint density at radius 2 is 1.68 bits per heavy atom. The first kappa shape index (κ1) is 13.9. The predicted octanol–water partition coefficient (Wildman–Crippen LogP) is 2.75. The van der Waals surface area contributed by atoms with Gasteiger partial charge in [-0.25, -0.2) is 13.6 Å². The van der Waals surface area contributed by atoms with E-state index in [1.807, 2.05) is 0 Å². The van der Waals surface area contributed by atoms with Gasteiger partial charge < -0.3 is 5.11 Å². The van der Waals surface area contributed by atoms with E-state index in [0.717, 1.165) is 37.5 Å². The van der Waals surface area contributed by atoms with E-state index in [1.165, 1.54) is 6.92 Å². The molecule has 1 aliphatic heterocycles. The molecule has 1 aromatic carbocycles. The molecule has 0 spiro atoms. The van der Waals surface area contributed by atoms with Crippen LogP contribution < -0.4 is 0 Å². The number of benzene rings is 1. The van der Waals surface area contributed by atoms with Crippen LogP contribution in [0.4, 0.5) is 8.78 Å². The van der Waals surface area contributed by atoms with Crippen molar-refractivity contribution in [3.8, 4) is 0 Å². The van der Waals surface area contributed by atoms with Gasteiger partial charge in [0.15, 0.2) is 0 Å². The van der Waals surface area contributed by atoms with Crippen molar-refractivity contribution in [3.05, 3.63) is 35.4 Å². The molecule has 0 aromatic heterocycles. The van der Waals surface area contributed by atoms with Crippen LogP contribution in [0.3, 0.4) is 0 Å². The van der Waals surface area contributed by atoms with Crippen LogP contribution in [0.1, 0.15) is 31.7 Å². The number of aliphatic carboxylic acids is 1. The lowest BCUT2D eigenvalue weighted by Gasteiger charge is -2.40. The summed E-state index contributed by atoms with van der Waals surface area (Å²) < 4.78 is 26.7. The summed E-state index contributed by atoms with van der Waals surface area (Å²) in [7, 11) is 0. The van der Waals surface area contributed by atoms with Gasteiger partial charge in [0.1, 0.15) is 17.2 Å². The topological polar surface area (TPSA) is 40.5 Å². The zero-order chi connectivity index (χ0) is 14.0. The lowest BCUT2D eigenvalue weighted by atomic mass is 9.88. The number of rotatable bonds is 3. The number of piperidine rings is 1. The summed E-state index contributed by atoms with van der Waals surface area (Å²) in [6.45, 7) is 2.76. The molecule has 104 valence electrons. The predicted molar refractivity (Wildman–Crippen MR) is 66.8 cm³/mol. The van der Waals surface area contributed by atoms with Crippen molar-refractivity contribution in [3.63, 3.8) is 0 Å². The number of nitrogens with zero attached hydrogens (tertiary/aromatic N) is 1. The third-order valence-electron chi connectivity index (χ3n) is 3.83. The zero-order valence-electron chi connectivity index (χ0n) is 10.8. The van der Waals surface area contributed by atoms with E-state index in [1.54, 1.807) is 4.90 Å². The number of likely N-dealkylation sites (tertiary alicyclic amines) is 1. The summed E-state index contributed by atoms with van der Waals surface area (Å²) in [4.78, 5) is 13.4.